The number of ether oxygens (including phenoxy) is 3. The Kier molecular flexibility index (Phi) is 4.61. The Labute approximate surface area is 139 Å². The Balaban J connectivity index is 1.63. The first-order valence-corrected chi connectivity index (χ1v) is 7.52. The van der Waals surface area contributed by atoms with Gasteiger partial charge in [0.05, 0.1) is 0 Å². The number of carbonyl (C=O) groups excluding carboxylic acids is 2. The minimum atomic E-state index is -0.500. The highest BCUT2D eigenvalue weighted by Gasteiger charge is 2.11. The van der Waals surface area contributed by atoms with Gasteiger partial charge in [-0.15, -0.1) is 0 Å². The first-order valence-electron chi connectivity index (χ1n) is 7.52. The third-order valence-electron chi connectivity index (χ3n) is 3.46. The van der Waals surface area contributed by atoms with Crippen LogP contribution in [0.4, 0.5) is 0 Å². The number of Topliss-reactive ketones (excluding diaryl/α,β-unsaturated/α-hetero) is 1. The smallest absolute Gasteiger partial charge is 0.336 e. The van der Waals surface area contributed by atoms with Crippen LogP contribution in [0, 0.1) is 0 Å². The zero-order chi connectivity index (χ0) is 16.9. The molecule has 0 saturated carbocycles. The zero-order valence-electron chi connectivity index (χ0n) is 13.2. The first-order chi connectivity index (χ1) is 11.6. The molecular weight excluding hydrogens is 308 g/mol. The van der Waals surface area contributed by atoms with Crippen LogP contribution in [0.25, 0.3) is 6.08 Å². The van der Waals surface area contributed by atoms with Crippen LogP contribution in [0.15, 0.2) is 48.5 Å². The second-order valence-electron chi connectivity index (χ2n) is 5.24. The summed E-state index contributed by atoms with van der Waals surface area (Å²) in [5.74, 6) is 1.21. The fraction of sp³-hybridized carbons (Fsp3) is 0.158. The lowest BCUT2D eigenvalue weighted by Crippen LogP contribution is -2.15. The topological polar surface area (TPSA) is 61.8 Å². The van der Waals surface area contributed by atoms with Crippen molar-refractivity contribution in [2.75, 3.05) is 13.2 Å². The van der Waals surface area contributed by atoms with Crippen molar-refractivity contribution >= 4 is 17.8 Å². The van der Waals surface area contributed by atoms with E-state index in [0.717, 1.165) is 5.56 Å². The second-order valence-corrected chi connectivity index (χ2v) is 5.24. The largest absolute Gasteiger partial charge is 0.486 e. The Bertz CT molecular complexity index is 790. The van der Waals surface area contributed by atoms with Crippen molar-refractivity contribution in [1.29, 1.82) is 0 Å². The molecule has 5 nitrogen and oxygen atoms in total. The summed E-state index contributed by atoms with van der Waals surface area (Å²) < 4.78 is 16.1. The Morgan fingerprint density at radius 1 is 1.00 bits per heavy atom. The molecule has 0 aliphatic carbocycles. The number of rotatable bonds is 4. The molecule has 0 unspecified atom stereocenters. The summed E-state index contributed by atoms with van der Waals surface area (Å²) in [6, 6.07) is 11.9. The van der Waals surface area contributed by atoms with Crippen molar-refractivity contribution in [3.63, 3.8) is 0 Å². The number of hydrogen-bond acceptors (Lipinski definition) is 5. The number of carbonyl (C=O) groups is 2. The van der Waals surface area contributed by atoms with Crippen LogP contribution in [0.1, 0.15) is 22.8 Å². The fourth-order valence-electron chi connectivity index (χ4n) is 2.24. The summed E-state index contributed by atoms with van der Waals surface area (Å²) >= 11 is 0. The van der Waals surface area contributed by atoms with Gasteiger partial charge in [-0.2, -0.15) is 0 Å². The molecule has 0 atom stereocenters. The summed E-state index contributed by atoms with van der Waals surface area (Å²) in [5.41, 5.74) is 1.38. The standard InChI is InChI=1S/C19H16O5/c1-13(20)15-4-6-16(7-5-15)24-19(21)9-3-14-2-8-17-18(12-14)23-11-10-22-17/h2-9,12H,10-11H2,1H3/b9-3+. The number of esters is 1. The maximum absolute atomic E-state index is 11.9. The van der Waals surface area contributed by atoms with Crippen LogP contribution >= 0.6 is 0 Å². The van der Waals surface area contributed by atoms with E-state index in [0.29, 0.717) is 36.0 Å². The highest BCUT2D eigenvalue weighted by Crippen LogP contribution is 2.31. The van der Waals surface area contributed by atoms with Gasteiger partial charge in [0.2, 0.25) is 0 Å². The molecule has 0 saturated heterocycles. The summed E-state index contributed by atoms with van der Waals surface area (Å²) in [6.07, 6.45) is 2.98. The van der Waals surface area contributed by atoms with Crippen LogP contribution in [-0.4, -0.2) is 25.0 Å². The molecule has 0 amide bonds. The first kappa shape index (κ1) is 15.8. The van der Waals surface area contributed by atoms with E-state index in [1.54, 1.807) is 42.5 Å². The van der Waals surface area contributed by atoms with E-state index in [9.17, 15) is 9.59 Å². The minimum Gasteiger partial charge on any atom is -0.486 e. The minimum absolute atomic E-state index is 0.0358. The molecule has 122 valence electrons. The molecule has 5 heteroatoms. The van der Waals surface area contributed by atoms with Gasteiger partial charge in [-0.25, -0.2) is 4.79 Å². The molecule has 2 aromatic carbocycles. The molecular formula is C19H16O5. The maximum Gasteiger partial charge on any atom is 0.336 e. The van der Waals surface area contributed by atoms with Crippen molar-refractivity contribution in [2.45, 2.75) is 6.92 Å². The van der Waals surface area contributed by atoms with Gasteiger partial charge in [0.25, 0.3) is 0 Å². The average Bonchev–Trinajstić information content (AvgIpc) is 2.60. The van der Waals surface area contributed by atoms with Crippen molar-refractivity contribution in [3.8, 4) is 17.2 Å². The molecule has 0 spiro atoms. The van der Waals surface area contributed by atoms with E-state index in [-0.39, 0.29) is 5.78 Å². The van der Waals surface area contributed by atoms with Crippen LogP contribution in [0.5, 0.6) is 17.2 Å². The molecule has 24 heavy (non-hydrogen) atoms. The Morgan fingerprint density at radius 2 is 1.71 bits per heavy atom. The average molecular weight is 324 g/mol. The number of benzene rings is 2. The van der Waals surface area contributed by atoms with Gasteiger partial charge in [-0.05, 0) is 55.0 Å². The van der Waals surface area contributed by atoms with Crippen LogP contribution < -0.4 is 14.2 Å². The van der Waals surface area contributed by atoms with Crippen molar-refractivity contribution in [1.82, 2.24) is 0 Å². The van der Waals surface area contributed by atoms with Crippen molar-refractivity contribution in [2.24, 2.45) is 0 Å². The van der Waals surface area contributed by atoms with E-state index in [1.807, 2.05) is 6.07 Å². The quantitative estimate of drug-likeness (QED) is 0.374. The molecule has 1 aliphatic heterocycles. The van der Waals surface area contributed by atoms with E-state index in [1.165, 1.54) is 13.0 Å². The SMILES string of the molecule is CC(=O)c1ccc(OC(=O)/C=C/c2ccc3c(c2)OCCO3)cc1. The van der Waals surface area contributed by atoms with E-state index >= 15 is 0 Å². The van der Waals surface area contributed by atoms with E-state index < -0.39 is 5.97 Å². The highest BCUT2D eigenvalue weighted by atomic mass is 16.6. The molecule has 0 radical (unpaired) electrons. The lowest BCUT2D eigenvalue weighted by atomic mass is 10.1. The van der Waals surface area contributed by atoms with Crippen LogP contribution in [0.3, 0.4) is 0 Å². The van der Waals surface area contributed by atoms with Gasteiger partial charge < -0.3 is 14.2 Å². The normalized spacial score (nSPS) is 12.9. The van der Waals surface area contributed by atoms with Crippen LogP contribution in [0.2, 0.25) is 0 Å². The third-order valence-corrected chi connectivity index (χ3v) is 3.46. The van der Waals surface area contributed by atoms with Gasteiger partial charge >= 0.3 is 5.97 Å². The molecule has 1 heterocycles. The maximum atomic E-state index is 11.9. The van der Waals surface area contributed by atoms with E-state index in [2.05, 4.69) is 0 Å². The van der Waals surface area contributed by atoms with Crippen molar-refractivity contribution in [3.05, 3.63) is 59.7 Å². The molecule has 1 aliphatic rings. The summed E-state index contributed by atoms with van der Waals surface area (Å²) in [6.45, 7) is 2.53. The molecule has 0 aromatic heterocycles. The molecule has 3 rings (SSSR count). The monoisotopic (exact) mass is 324 g/mol. The second kappa shape index (κ2) is 7.00. The van der Waals surface area contributed by atoms with Crippen molar-refractivity contribution < 1.29 is 23.8 Å². The number of ketones is 1. The van der Waals surface area contributed by atoms with Gasteiger partial charge in [0, 0.05) is 11.6 Å². The van der Waals surface area contributed by atoms with Gasteiger partial charge in [0.15, 0.2) is 17.3 Å². The van der Waals surface area contributed by atoms with Gasteiger partial charge in [-0.1, -0.05) is 6.07 Å². The summed E-state index contributed by atoms with van der Waals surface area (Å²) in [4.78, 5) is 23.1. The molecule has 0 N–H and O–H groups in total. The lowest BCUT2D eigenvalue weighted by molar-refractivity contribution is -0.128. The van der Waals surface area contributed by atoms with E-state index in [4.69, 9.17) is 14.2 Å². The third kappa shape index (κ3) is 3.81. The Morgan fingerprint density at radius 3 is 2.42 bits per heavy atom. The number of hydrogen-bond donors (Lipinski definition) is 0. The lowest BCUT2D eigenvalue weighted by Gasteiger charge is -2.18. The number of fused-ring (bicyclic) bond motifs is 1. The molecule has 2 aromatic rings. The summed E-state index contributed by atoms with van der Waals surface area (Å²) in [5, 5.41) is 0. The van der Waals surface area contributed by atoms with Gasteiger partial charge in [0.1, 0.15) is 19.0 Å². The summed E-state index contributed by atoms with van der Waals surface area (Å²) in [7, 11) is 0. The molecule has 0 bridgehead atoms. The van der Waals surface area contributed by atoms with Gasteiger partial charge in [-0.3, -0.25) is 4.79 Å². The van der Waals surface area contributed by atoms with Crippen LogP contribution in [-0.2, 0) is 4.79 Å². The Hall–Kier alpha value is -3.08. The zero-order valence-corrected chi connectivity index (χ0v) is 13.2. The molecule has 0 fully saturated rings. The highest BCUT2D eigenvalue weighted by molar-refractivity contribution is 5.94. The fourth-order valence-corrected chi connectivity index (χ4v) is 2.24. The predicted octanol–water partition coefficient (Wildman–Crippen LogP) is 3.28. The predicted molar refractivity (Wildman–Crippen MR) is 88.5 cm³/mol.